The van der Waals surface area contributed by atoms with Crippen LogP contribution < -0.4 is 10.9 Å². The number of Topliss-reactive ketones (excluding diaryl/α,β-unsaturated/α-hetero) is 1. The molecule has 1 atom stereocenters. The Bertz CT molecular complexity index is 1410. The number of rotatable bonds is 5. The molecule has 5 rings (SSSR count). The molecule has 35 heavy (non-hydrogen) atoms. The number of benzene rings is 1. The monoisotopic (exact) mass is 489 g/mol. The van der Waals surface area contributed by atoms with E-state index in [0.29, 0.717) is 40.7 Å². The normalized spacial score (nSPS) is 18.5. The number of thioether (sulfide) groups is 1. The number of nitrogens with one attached hydrogen (secondary N) is 2. The first kappa shape index (κ1) is 23.0. The number of nitro benzene ring substituents is 1. The predicted molar refractivity (Wildman–Crippen MR) is 132 cm³/mol. The number of non-ortho nitro benzene ring substituents is 1. The summed E-state index contributed by atoms with van der Waals surface area (Å²) in [5, 5.41) is 14.6. The van der Waals surface area contributed by atoms with E-state index in [0.717, 1.165) is 16.8 Å². The van der Waals surface area contributed by atoms with Crippen molar-refractivity contribution in [3.05, 3.63) is 97.2 Å². The number of allylic oxidation sites excluding steroid dienone is 2. The van der Waals surface area contributed by atoms with Crippen molar-refractivity contribution >= 4 is 29.1 Å². The number of pyridine rings is 1. The number of hydrogen-bond donors (Lipinski definition) is 2. The van der Waals surface area contributed by atoms with Gasteiger partial charge in [-0.25, -0.2) is 4.98 Å². The number of H-pyrrole nitrogens is 1. The largest absolute Gasteiger partial charge is 0.343 e. The van der Waals surface area contributed by atoms with Crippen LogP contribution >= 0.6 is 11.8 Å². The third-order valence-electron chi connectivity index (χ3n) is 6.24. The van der Waals surface area contributed by atoms with Gasteiger partial charge in [0.1, 0.15) is 5.82 Å². The van der Waals surface area contributed by atoms with E-state index >= 15 is 0 Å². The zero-order valence-electron chi connectivity index (χ0n) is 19.2. The fraction of sp³-hybridized carbons (Fsp3) is 0.280. The summed E-state index contributed by atoms with van der Waals surface area (Å²) in [4.78, 5) is 48.8. The van der Waals surface area contributed by atoms with Crippen molar-refractivity contribution < 1.29 is 9.72 Å². The maximum absolute atomic E-state index is 13.3. The van der Waals surface area contributed by atoms with Crippen molar-refractivity contribution in [2.45, 2.75) is 43.5 Å². The van der Waals surface area contributed by atoms with Gasteiger partial charge < -0.3 is 10.3 Å². The summed E-state index contributed by atoms with van der Waals surface area (Å²) in [6.45, 7) is 4.11. The highest BCUT2D eigenvalue weighted by atomic mass is 32.2. The van der Waals surface area contributed by atoms with Crippen LogP contribution in [0.3, 0.4) is 0 Å². The lowest BCUT2D eigenvalue weighted by Gasteiger charge is -2.38. The van der Waals surface area contributed by atoms with Gasteiger partial charge in [0.2, 0.25) is 0 Å². The highest BCUT2D eigenvalue weighted by molar-refractivity contribution is 7.98. The highest BCUT2D eigenvalue weighted by Gasteiger charge is 2.42. The van der Waals surface area contributed by atoms with Crippen LogP contribution in [0.5, 0.6) is 0 Å². The summed E-state index contributed by atoms with van der Waals surface area (Å²) in [6, 6.07) is 9.95. The van der Waals surface area contributed by atoms with Gasteiger partial charge in [0, 0.05) is 53.9 Å². The molecular weight excluding hydrogens is 466 g/mol. The maximum Gasteiger partial charge on any atom is 0.269 e. The van der Waals surface area contributed by atoms with E-state index in [1.807, 2.05) is 6.07 Å². The van der Waals surface area contributed by atoms with Crippen LogP contribution in [0.4, 0.5) is 11.5 Å². The molecule has 1 unspecified atom stereocenters. The minimum atomic E-state index is -0.538. The van der Waals surface area contributed by atoms with E-state index in [1.165, 1.54) is 23.9 Å². The van der Waals surface area contributed by atoms with Crippen LogP contribution in [0.15, 0.2) is 70.0 Å². The number of aromatic amines is 1. The van der Waals surface area contributed by atoms with Gasteiger partial charge in [-0.05, 0) is 29.0 Å². The summed E-state index contributed by atoms with van der Waals surface area (Å²) >= 11 is 1.33. The van der Waals surface area contributed by atoms with Crippen molar-refractivity contribution in [2.75, 3.05) is 5.32 Å². The minimum absolute atomic E-state index is 0.0266. The fourth-order valence-corrected chi connectivity index (χ4v) is 5.52. The maximum atomic E-state index is 13.3. The van der Waals surface area contributed by atoms with E-state index in [9.17, 15) is 19.7 Å². The summed E-state index contributed by atoms with van der Waals surface area (Å²) < 4.78 is 0. The molecule has 9 nitrogen and oxygen atoms in total. The SMILES string of the molecule is CC1(C)CC(=O)C2=C(C1)Nc1nc(SCc3ccc([N+](=O)[O-])cc3)[nH]c(=O)c1C2c1cccnc1. The quantitative estimate of drug-likeness (QED) is 0.231. The lowest BCUT2D eigenvalue weighted by molar-refractivity contribution is -0.384. The number of ketones is 1. The first-order chi connectivity index (χ1) is 16.7. The van der Waals surface area contributed by atoms with Gasteiger partial charge in [-0.3, -0.25) is 24.7 Å². The summed E-state index contributed by atoms with van der Waals surface area (Å²) in [7, 11) is 0. The molecule has 2 aliphatic rings. The van der Waals surface area contributed by atoms with Crippen LogP contribution in [0.25, 0.3) is 0 Å². The van der Waals surface area contributed by atoms with Gasteiger partial charge in [-0.2, -0.15) is 0 Å². The van der Waals surface area contributed by atoms with Gasteiger partial charge >= 0.3 is 0 Å². The molecule has 1 aromatic carbocycles. The lowest BCUT2D eigenvalue weighted by Crippen LogP contribution is -2.37. The number of carbonyl (C=O) groups is 1. The number of fused-ring (bicyclic) bond motifs is 1. The first-order valence-electron chi connectivity index (χ1n) is 11.2. The topological polar surface area (TPSA) is 131 Å². The zero-order chi connectivity index (χ0) is 24.7. The van der Waals surface area contributed by atoms with Crippen molar-refractivity contribution in [1.82, 2.24) is 15.0 Å². The van der Waals surface area contributed by atoms with Crippen molar-refractivity contribution in [3.8, 4) is 0 Å². The second-order valence-corrected chi connectivity index (χ2v) is 10.5. The number of nitro groups is 1. The Morgan fingerprint density at radius 1 is 1.17 bits per heavy atom. The van der Waals surface area contributed by atoms with E-state index in [-0.39, 0.29) is 22.4 Å². The summed E-state index contributed by atoms with van der Waals surface area (Å²) in [6.07, 6.45) is 4.43. The van der Waals surface area contributed by atoms with Gasteiger partial charge in [0.15, 0.2) is 10.9 Å². The van der Waals surface area contributed by atoms with Gasteiger partial charge in [0.05, 0.1) is 10.5 Å². The van der Waals surface area contributed by atoms with Crippen LogP contribution in [-0.2, 0) is 10.5 Å². The molecule has 1 aliphatic heterocycles. The Labute approximate surface area is 205 Å². The molecule has 3 aromatic rings. The molecule has 1 aliphatic carbocycles. The lowest BCUT2D eigenvalue weighted by atomic mass is 9.69. The average Bonchev–Trinajstić information content (AvgIpc) is 2.81. The molecule has 2 N–H and O–H groups in total. The average molecular weight is 490 g/mol. The summed E-state index contributed by atoms with van der Waals surface area (Å²) in [5.74, 6) is 0.409. The molecule has 0 bridgehead atoms. The van der Waals surface area contributed by atoms with Crippen LogP contribution in [0.1, 0.15) is 49.3 Å². The standard InChI is InChI=1S/C25H23N5O4S/c1-25(2)10-17-20(18(31)11-25)19(15-4-3-9-26-12-15)21-22(27-17)28-24(29-23(21)32)35-13-14-5-7-16(8-6-14)30(33)34/h3-9,12,19H,10-11,13H2,1-2H3,(H2,27,28,29,32). The smallest absolute Gasteiger partial charge is 0.269 e. The molecule has 0 saturated heterocycles. The molecular formula is C25H23N5O4S. The van der Waals surface area contributed by atoms with Gasteiger partial charge in [0.25, 0.3) is 11.2 Å². The third kappa shape index (κ3) is 4.49. The Morgan fingerprint density at radius 2 is 1.94 bits per heavy atom. The molecule has 3 heterocycles. The van der Waals surface area contributed by atoms with Crippen molar-refractivity contribution in [2.24, 2.45) is 5.41 Å². The molecule has 2 aromatic heterocycles. The Balaban J connectivity index is 1.51. The summed E-state index contributed by atoms with van der Waals surface area (Å²) in [5.41, 5.74) is 2.98. The molecule has 0 radical (unpaired) electrons. The number of hydrogen-bond acceptors (Lipinski definition) is 8. The predicted octanol–water partition coefficient (Wildman–Crippen LogP) is 4.57. The highest BCUT2D eigenvalue weighted by Crippen LogP contribution is 2.47. The van der Waals surface area contributed by atoms with Crippen molar-refractivity contribution in [3.63, 3.8) is 0 Å². The van der Waals surface area contributed by atoms with E-state index < -0.39 is 10.8 Å². The Kier molecular flexibility index (Phi) is 5.76. The number of carbonyl (C=O) groups excluding carboxylic acids is 1. The Morgan fingerprint density at radius 3 is 2.63 bits per heavy atom. The van der Waals surface area contributed by atoms with E-state index in [2.05, 4.69) is 29.1 Å². The van der Waals surface area contributed by atoms with E-state index in [1.54, 1.807) is 30.6 Å². The molecule has 0 spiro atoms. The van der Waals surface area contributed by atoms with E-state index in [4.69, 9.17) is 4.98 Å². The number of anilines is 1. The molecule has 0 amide bonds. The third-order valence-corrected chi connectivity index (χ3v) is 7.19. The molecule has 178 valence electrons. The van der Waals surface area contributed by atoms with Gasteiger partial charge in [-0.1, -0.05) is 43.8 Å². The zero-order valence-corrected chi connectivity index (χ0v) is 20.0. The number of nitrogens with zero attached hydrogens (tertiary/aromatic N) is 3. The van der Waals surface area contributed by atoms with Gasteiger partial charge in [-0.15, -0.1) is 0 Å². The number of aromatic nitrogens is 3. The molecule has 10 heteroatoms. The first-order valence-corrected chi connectivity index (χ1v) is 12.1. The second kappa shape index (κ2) is 8.77. The fourth-order valence-electron chi connectivity index (χ4n) is 4.71. The second-order valence-electron chi connectivity index (χ2n) is 9.52. The minimum Gasteiger partial charge on any atom is -0.343 e. The molecule has 0 fully saturated rings. The van der Waals surface area contributed by atoms with Crippen molar-refractivity contribution in [1.29, 1.82) is 0 Å². The van der Waals surface area contributed by atoms with Crippen LogP contribution in [0.2, 0.25) is 0 Å². The van der Waals surface area contributed by atoms with Crippen LogP contribution in [-0.4, -0.2) is 25.7 Å². The van der Waals surface area contributed by atoms with Crippen LogP contribution in [0, 0.1) is 15.5 Å². The Hall–Kier alpha value is -3.79. The molecule has 0 saturated carbocycles.